The zero-order chi connectivity index (χ0) is 14.6. The summed E-state index contributed by atoms with van der Waals surface area (Å²) in [4.78, 5) is 25.0. The molecule has 4 atom stereocenters. The van der Waals surface area contributed by atoms with Gasteiger partial charge in [0.05, 0.1) is 23.7 Å². The minimum absolute atomic E-state index is 0.0185. The van der Waals surface area contributed by atoms with Crippen LogP contribution in [0.25, 0.3) is 0 Å². The summed E-state index contributed by atoms with van der Waals surface area (Å²) >= 11 is 0. The predicted octanol–water partition coefficient (Wildman–Crippen LogP) is 0.828. The average molecular weight is 276 g/mol. The van der Waals surface area contributed by atoms with Gasteiger partial charge < -0.3 is 15.3 Å². The first-order chi connectivity index (χ1) is 9.41. The maximum Gasteiger partial charge on any atom is 0.173 e. The van der Waals surface area contributed by atoms with Crippen molar-refractivity contribution in [2.45, 2.75) is 32.0 Å². The molecule has 3 N–H and O–H groups in total. The number of fused-ring (bicyclic) bond motifs is 2. The zero-order valence-electron chi connectivity index (χ0n) is 11.0. The number of rotatable bonds is 0. The Labute approximate surface area is 115 Å². The number of aliphatic hydroxyl groups is 2. The molecule has 106 valence electrons. The number of phenolic OH excluding ortho intramolecular Hbond substituents is 1. The number of ketones is 2. The predicted molar refractivity (Wildman–Crippen MR) is 69.7 cm³/mol. The van der Waals surface area contributed by atoms with Gasteiger partial charge in [0.2, 0.25) is 0 Å². The maximum absolute atomic E-state index is 12.5. The lowest BCUT2D eigenvalue weighted by Crippen LogP contribution is -2.51. The summed E-state index contributed by atoms with van der Waals surface area (Å²) in [6.07, 6.45) is -1.57. The lowest BCUT2D eigenvalue weighted by molar-refractivity contribution is -0.0522. The molecule has 0 heterocycles. The number of aryl methyl sites for hydroxylation is 1. The van der Waals surface area contributed by atoms with Crippen LogP contribution in [0.1, 0.15) is 39.1 Å². The van der Waals surface area contributed by atoms with Gasteiger partial charge in [0, 0.05) is 11.5 Å². The van der Waals surface area contributed by atoms with Crippen molar-refractivity contribution in [3.8, 4) is 5.75 Å². The van der Waals surface area contributed by atoms with Crippen molar-refractivity contribution in [2.24, 2.45) is 11.8 Å². The maximum atomic E-state index is 12.5. The van der Waals surface area contributed by atoms with Crippen molar-refractivity contribution in [3.63, 3.8) is 0 Å². The van der Waals surface area contributed by atoms with Crippen molar-refractivity contribution in [1.29, 1.82) is 0 Å². The monoisotopic (exact) mass is 276 g/mol. The van der Waals surface area contributed by atoms with Crippen LogP contribution in [0, 0.1) is 18.8 Å². The number of hydrogen-bond donors (Lipinski definition) is 3. The standard InChI is InChI=1S/C15H16O5/c1-6-4-8-11(10(17)5-6)15(20)12-7(13(8)18)2-3-9(16)14(12)19/h4-5,7,9,12,14,16-17,19H,2-3H2,1H3. The molecule has 0 spiro atoms. The van der Waals surface area contributed by atoms with E-state index in [1.54, 1.807) is 13.0 Å². The highest BCUT2D eigenvalue weighted by Gasteiger charge is 2.50. The lowest BCUT2D eigenvalue weighted by atomic mass is 9.65. The number of phenols is 1. The van der Waals surface area contributed by atoms with E-state index in [9.17, 15) is 24.9 Å². The molecular formula is C15H16O5. The molecule has 20 heavy (non-hydrogen) atoms. The molecule has 1 aromatic rings. The van der Waals surface area contributed by atoms with Gasteiger partial charge in [0.25, 0.3) is 0 Å². The second-order valence-corrected chi connectivity index (χ2v) is 5.70. The molecular weight excluding hydrogens is 260 g/mol. The summed E-state index contributed by atoms with van der Waals surface area (Å²) < 4.78 is 0. The van der Waals surface area contributed by atoms with Gasteiger partial charge in [-0.05, 0) is 37.5 Å². The van der Waals surface area contributed by atoms with Crippen LogP contribution in [0.5, 0.6) is 5.75 Å². The highest BCUT2D eigenvalue weighted by molar-refractivity contribution is 6.17. The summed E-state index contributed by atoms with van der Waals surface area (Å²) in [6, 6.07) is 3.03. The molecule has 0 bridgehead atoms. The van der Waals surface area contributed by atoms with E-state index in [-0.39, 0.29) is 22.7 Å². The third-order valence-corrected chi connectivity index (χ3v) is 4.38. The molecule has 2 aliphatic carbocycles. The van der Waals surface area contributed by atoms with Crippen LogP contribution < -0.4 is 0 Å². The Kier molecular flexibility index (Phi) is 2.92. The fraction of sp³-hybridized carbons (Fsp3) is 0.467. The van der Waals surface area contributed by atoms with Crippen LogP contribution in [0.15, 0.2) is 12.1 Å². The molecule has 5 heteroatoms. The molecule has 1 saturated carbocycles. The van der Waals surface area contributed by atoms with E-state index in [1.165, 1.54) is 6.07 Å². The molecule has 0 aliphatic heterocycles. The third-order valence-electron chi connectivity index (χ3n) is 4.38. The van der Waals surface area contributed by atoms with E-state index in [1.807, 2.05) is 0 Å². The lowest BCUT2D eigenvalue weighted by Gasteiger charge is -2.39. The van der Waals surface area contributed by atoms with Gasteiger partial charge in [0.1, 0.15) is 5.75 Å². The van der Waals surface area contributed by atoms with E-state index in [2.05, 4.69) is 0 Å². The van der Waals surface area contributed by atoms with E-state index in [0.717, 1.165) is 0 Å². The topological polar surface area (TPSA) is 94.8 Å². The van der Waals surface area contributed by atoms with E-state index in [0.29, 0.717) is 18.4 Å². The quantitative estimate of drug-likeness (QED) is 0.652. The summed E-state index contributed by atoms with van der Waals surface area (Å²) in [5.74, 6) is -2.46. The average Bonchev–Trinajstić information content (AvgIpc) is 2.38. The van der Waals surface area contributed by atoms with Gasteiger partial charge >= 0.3 is 0 Å². The van der Waals surface area contributed by atoms with Gasteiger partial charge in [-0.1, -0.05) is 0 Å². The van der Waals surface area contributed by atoms with Gasteiger partial charge in [-0.25, -0.2) is 0 Å². The Morgan fingerprint density at radius 3 is 2.50 bits per heavy atom. The SMILES string of the molecule is Cc1cc(O)c2c(c1)C(=O)C1CCC(O)C(O)C1C2=O. The van der Waals surface area contributed by atoms with Crippen LogP contribution in [0.4, 0.5) is 0 Å². The molecule has 0 aromatic heterocycles. The molecule has 0 radical (unpaired) electrons. The molecule has 5 nitrogen and oxygen atoms in total. The first-order valence-corrected chi connectivity index (χ1v) is 6.70. The second kappa shape index (κ2) is 4.40. The summed E-state index contributed by atoms with van der Waals surface area (Å²) in [7, 11) is 0. The number of aliphatic hydroxyl groups excluding tert-OH is 2. The van der Waals surface area contributed by atoms with Gasteiger partial charge in [-0.15, -0.1) is 0 Å². The Bertz CT molecular complexity index is 607. The number of hydrogen-bond acceptors (Lipinski definition) is 5. The van der Waals surface area contributed by atoms with E-state index >= 15 is 0 Å². The molecule has 3 rings (SSSR count). The van der Waals surface area contributed by atoms with Crippen molar-refractivity contribution in [3.05, 3.63) is 28.8 Å². The smallest absolute Gasteiger partial charge is 0.173 e. The van der Waals surface area contributed by atoms with Crippen molar-refractivity contribution < 1.29 is 24.9 Å². The minimum atomic E-state index is -1.25. The summed E-state index contributed by atoms with van der Waals surface area (Å²) in [6.45, 7) is 1.74. The number of carbonyl (C=O) groups excluding carboxylic acids is 2. The number of aromatic hydroxyl groups is 1. The zero-order valence-corrected chi connectivity index (χ0v) is 11.0. The van der Waals surface area contributed by atoms with Crippen molar-refractivity contribution in [2.75, 3.05) is 0 Å². The van der Waals surface area contributed by atoms with Crippen LogP contribution in [0.2, 0.25) is 0 Å². The largest absolute Gasteiger partial charge is 0.507 e. The van der Waals surface area contributed by atoms with Crippen LogP contribution in [-0.4, -0.2) is 39.1 Å². The molecule has 2 aliphatic rings. The summed E-state index contributed by atoms with van der Waals surface area (Å²) in [5.41, 5.74) is 0.921. The van der Waals surface area contributed by atoms with Crippen molar-refractivity contribution in [1.82, 2.24) is 0 Å². The van der Waals surface area contributed by atoms with E-state index in [4.69, 9.17) is 0 Å². The first-order valence-electron chi connectivity index (χ1n) is 6.70. The number of Topliss-reactive ketones (excluding diaryl/α,β-unsaturated/α-hetero) is 2. The first kappa shape index (κ1) is 13.3. The van der Waals surface area contributed by atoms with Crippen LogP contribution >= 0.6 is 0 Å². The fourth-order valence-electron chi connectivity index (χ4n) is 3.40. The van der Waals surface area contributed by atoms with E-state index < -0.39 is 29.8 Å². The second-order valence-electron chi connectivity index (χ2n) is 5.70. The van der Waals surface area contributed by atoms with Gasteiger partial charge in [0.15, 0.2) is 11.6 Å². The number of carbonyl (C=O) groups is 2. The summed E-state index contributed by atoms with van der Waals surface area (Å²) in [5, 5.41) is 29.7. The fourth-order valence-corrected chi connectivity index (χ4v) is 3.40. The van der Waals surface area contributed by atoms with Crippen LogP contribution in [0.3, 0.4) is 0 Å². The Morgan fingerprint density at radius 1 is 1.10 bits per heavy atom. The Balaban J connectivity index is 2.18. The Hall–Kier alpha value is -1.72. The molecule has 0 saturated heterocycles. The molecule has 1 fully saturated rings. The van der Waals surface area contributed by atoms with Crippen LogP contribution in [-0.2, 0) is 0 Å². The normalized spacial score (nSPS) is 32.8. The minimum Gasteiger partial charge on any atom is -0.507 e. The highest BCUT2D eigenvalue weighted by Crippen LogP contribution is 2.42. The van der Waals surface area contributed by atoms with Crippen molar-refractivity contribution >= 4 is 11.6 Å². The Morgan fingerprint density at radius 2 is 1.80 bits per heavy atom. The third kappa shape index (κ3) is 1.70. The van der Waals surface area contributed by atoms with Gasteiger partial charge in [-0.2, -0.15) is 0 Å². The molecule has 4 unspecified atom stereocenters. The molecule has 0 amide bonds. The number of benzene rings is 1. The molecule has 1 aromatic carbocycles. The highest BCUT2D eigenvalue weighted by atomic mass is 16.3. The van der Waals surface area contributed by atoms with Gasteiger partial charge in [-0.3, -0.25) is 9.59 Å².